The number of carbonyl (C=O) groups excluding carboxylic acids is 1. The van der Waals surface area contributed by atoms with E-state index in [0.29, 0.717) is 12.3 Å². The molecule has 0 aromatic rings. The van der Waals surface area contributed by atoms with Gasteiger partial charge >= 0.3 is 8.80 Å². The maximum atomic E-state index is 11.8. The minimum atomic E-state index is -2.43. The molecule has 0 bridgehead atoms. The molecular formula is C13H27NO4Si. The lowest BCUT2D eigenvalue weighted by Crippen LogP contribution is -2.42. The van der Waals surface area contributed by atoms with Gasteiger partial charge in [-0.2, -0.15) is 0 Å². The minimum absolute atomic E-state index is 0.311. The van der Waals surface area contributed by atoms with Gasteiger partial charge in [0.1, 0.15) is 0 Å². The van der Waals surface area contributed by atoms with Crippen molar-refractivity contribution in [3.8, 4) is 0 Å². The lowest BCUT2D eigenvalue weighted by atomic mass is 10.2. The molecule has 1 heterocycles. The molecule has 0 spiro atoms. The van der Waals surface area contributed by atoms with E-state index in [4.69, 9.17) is 13.3 Å². The van der Waals surface area contributed by atoms with E-state index in [9.17, 15) is 4.79 Å². The van der Waals surface area contributed by atoms with Crippen LogP contribution in [-0.4, -0.2) is 54.0 Å². The summed E-state index contributed by atoms with van der Waals surface area (Å²) in [7, 11) is 2.47. The van der Waals surface area contributed by atoms with Gasteiger partial charge in [-0.25, -0.2) is 0 Å². The minimum Gasteiger partial charge on any atom is -0.377 e. The summed E-state index contributed by atoms with van der Waals surface area (Å²) >= 11 is 0. The first-order chi connectivity index (χ1) is 9.17. The van der Waals surface area contributed by atoms with Crippen LogP contribution in [0.1, 0.15) is 38.5 Å². The lowest BCUT2D eigenvalue weighted by Gasteiger charge is -2.25. The molecule has 0 radical (unpaired) electrons. The molecular weight excluding hydrogens is 262 g/mol. The highest BCUT2D eigenvalue weighted by Crippen LogP contribution is 2.17. The fourth-order valence-corrected chi connectivity index (χ4v) is 4.27. The molecule has 0 saturated carbocycles. The quantitative estimate of drug-likeness (QED) is 0.507. The van der Waals surface area contributed by atoms with Gasteiger partial charge in [0.15, 0.2) is 0 Å². The maximum Gasteiger partial charge on any atom is 0.500 e. The number of hydrogen-bond acceptors (Lipinski definition) is 4. The molecule has 1 amide bonds. The van der Waals surface area contributed by atoms with Crippen LogP contribution in [0.4, 0.5) is 0 Å². The predicted octanol–water partition coefficient (Wildman–Crippen LogP) is 2.05. The van der Waals surface area contributed by atoms with Crippen molar-refractivity contribution in [2.45, 2.75) is 44.6 Å². The Morgan fingerprint density at radius 2 is 1.74 bits per heavy atom. The largest absolute Gasteiger partial charge is 0.500 e. The average Bonchev–Trinajstić information content (AvgIpc) is 2.65. The zero-order valence-corrected chi connectivity index (χ0v) is 13.4. The third-order valence-electron chi connectivity index (χ3n) is 3.77. The Bertz CT molecular complexity index is 263. The van der Waals surface area contributed by atoms with Gasteiger partial charge in [0.25, 0.3) is 0 Å². The van der Waals surface area contributed by atoms with E-state index in [1.54, 1.807) is 21.3 Å². The summed E-state index contributed by atoms with van der Waals surface area (Å²) in [6.45, 7) is 1.76. The zero-order chi connectivity index (χ0) is 14.1. The molecule has 1 aliphatic rings. The number of nitrogens with zero attached hydrogens (tertiary/aromatic N) is 1. The van der Waals surface area contributed by atoms with E-state index in [0.717, 1.165) is 44.8 Å². The van der Waals surface area contributed by atoms with Crippen LogP contribution in [0.5, 0.6) is 0 Å². The van der Waals surface area contributed by atoms with Crippen LogP contribution in [0.15, 0.2) is 0 Å². The summed E-state index contributed by atoms with van der Waals surface area (Å²) in [5, 5.41) is 0. The van der Waals surface area contributed by atoms with Gasteiger partial charge in [-0.3, -0.25) is 4.79 Å². The fourth-order valence-electron chi connectivity index (χ4n) is 2.48. The molecule has 0 aliphatic carbocycles. The molecule has 0 N–H and O–H groups in total. The van der Waals surface area contributed by atoms with E-state index < -0.39 is 8.80 Å². The van der Waals surface area contributed by atoms with Crippen molar-refractivity contribution in [1.29, 1.82) is 0 Å². The normalized spacial score (nSPS) is 17.6. The molecule has 1 rings (SSSR count). The summed E-state index contributed by atoms with van der Waals surface area (Å²) in [5.74, 6) is 0.311. The van der Waals surface area contributed by atoms with Gasteiger partial charge in [-0.15, -0.1) is 0 Å². The van der Waals surface area contributed by atoms with E-state index in [1.165, 1.54) is 6.42 Å². The summed E-state index contributed by atoms with van der Waals surface area (Å²) in [6.07, 6.45) is 6.02. The number of hydrogen-bond donors (Lipinski definition) is 0. The fraction of sp³-hybridized carbons (Fsp3) is 0.923. The number of likely N-dealkylation sites (tertiary alicyclic amines) is 1. The summed E-state index contributed by atoms with van der Waals surface area (Å²) < 4.78 is 16.2. The van der Waals surface area contributed by atoms with Gasteiger partial charge in [0.05, 0.1) is 0 Å². The highest BCUT2D eigenvalue weighted by atomic mass is 28.4. The second-order valence-corrected chi connectivity index (χ2v) is 8.03. The smallest absolute Gasteiger partial charge is 0.377 e. The zero-order valence-electron chi connectivity index (χ0n) is 12.4. The monoisotopic (exact) mass is 289 g/mol. The lowest BCUT2D eigenvalue weighted by molar-refractivity contribution is -0.130. The third kappa shape index (κ3) is 5.22. The van der Waals surface area contributed by atoms with Gasteiger partial charge < -0.3 is 18.2 Å². The van der Waals surface area contributed by atoms with Crippen molar-refractivity contribution in [3.63, 3.8) is 0 Å². The molecule has 6 heteroatoms. The Labute approximate surface area is 117 Å². The van der Waals surface area contributed by atoms with Crippen LogP contribution < -0.4 is 0 Å². The first-order valence-electron chi connectivity index (χ1n) is 7.10. The highest BCUT2D eigenvalue weighted by molar-refractivity contribution is 6.60. The molecule has 5 nitrogen and oxygen atoms in total. The second kappa shape index (κ2) is 8.68. The summed E-state index contributed by atoms with van der Waals surface area (Å²) in [5.41, 5.74) is 0. The van der Waals surface area contributed by atoms with Crippen molar-refractivity contribution in [2.24, 2.45) is 0 Å². The van der Waals surface area contributed by atoms with Gasteiger partial charge in [-0.05, 0) is 25.7 Å². The van der Waals surface area contributed by atoms with Crippen molar-refractivity contribution in [2.75, 3.05) is 34.4 Å². The van der Waals surface area contributed by atoms with Crippen LogP contribution >= 0.6 is 0 Å². The van der Waals surface area contributed by atoms with Crippen LogP contribution in [0.3, 0.4) is 0 Å². The average molecular weight is 289 g/mol. The van der Waals surface area contributed by atoms with Gasteiger partial charge in [-0.1, -0.05) is 6.42 Å². The molecule has 1 fully saturated rings. The Kier molecular flexibility index (Phi) is 7.59. The summed E-state index contributed by atoms with van der Waals surface area (Å²) in [6, 6.07) is 0.804. The molecule has 0 aromatic heterocycles. The van der Waals surface area contributed by atoms with Gasteiger partial charge in [0.2, 0.25) is 5.91 Å². The Morgan fingerprint density at radius 3 is 2.37 bits per heavy atom. The van der Waals surface area contributed by atoms with Crippen molar-refractivity contribution in [1.82, 2.24) is 4.90 Å². The van der Waals surface area contributed by atoms with Crippen LogP contribution in [-0.2, 0) is 18.1 Å². The van der Waals surface area contributed by atoms with Crippen LogP contribution in [0.2, 0.25) is 6.04 Å². The Morgan fingerprint density at radius 1 is 1.05 bits per heavy atom. The molecule has 1 saturated heterocycles. The molecule has 1 aliphatic heterocycles. The topological polar surface area (TPSA) is 48.0 Å². The van der Waals surface area contributed by atoms with Gasteiger partial charge in [0, 0.05) is 46.9 Å². The third-order valence-corrected chi connectivity index (χ3v) is 6.60. The predicted molar refractivity (Wildman–Crippen MR) is 75.9 cm³/mol. The Balaban J connectivity index is 2.27. The van der Waals surface area contributed by atoms with E-state index in [1.807, 2.05) is 4.90 Å². The van der Waals surface area contributed by atoms with E-state index in [2.05, 4.69) is 0 Å². The number of rotatable bonds is 8. The molecule has 0 atom stereocenters. The van der Waals surface area contributed by atoms with Crippen LogP contribution in [0, 0.1) is 0 Å². The molecule has 0 aromatic carbocycles. The first kappa shape index (κ1) is 16.6. The molecule has 19 heavy (non-hydrogen) atoms. The highest BCUT2D eigenvalue weighted by Gasteiger charge is 2.36. The second-order valence-electron chi connectivity index (χ2n) is 4.94. The molecule has 0 unspecified atom stereocenters. The molecule has 112 valence electrons. The number of amides is 1. The van der Waals surface area contributed by atoms with Crippen molar-refractivity contribution < 1.29 is 18.1 Å². The Hall–Kier alpha value is -0.433. The maximum absolute atomic E-state index is 11.8. The van der Waals surface area contributed by atoms with E-state index in [-0.39, 0.29) is 0 Å². The van der Waals surface area contributed by atoms with E-state index >= 15 is 0 Å². The standard InChI is InChI=1S/C13H27NO4Si/c1-16-19(17-2,18-3)12-8-7-11-14-10-6-4-5-9-13(14)15/h4-12H2,1-3H3. The summed E-state index contributed by atoms with van der Waals surface area (Å²) in [4.78, 5) is 13.8. The first-order valence-corrected chi connectivity index (χ1v) is 9.04. The van der Waals surface area contributed by atoms with Crippen molar-refractivity contribution in [3.05, 3.63) is 0 Å². The van der Waals surface area contributed by atoms with Crippen LogP contribution in [0.25, 0.3) is 0 Å². The number of carbonyl (C=O) groups is 1. The van der Waals surface area contributed by atoms with Crippen molar-refractivity contribution >= 4 is 14.7 Å². The number of unbranched alkanes of at least 4 members (excludes halogenated alkanes) is 1. The SMILES string of the molecule is CO[Si](CCCCN1CCCCCC1=O)(OC)OC.